The molecule has 17 heavy (non-hydrogen) atoms. The fraction of sp³-hybridized carbons (Fsp3) is 0.0769. The van der Waals surface area contributed by atoms with Crippen LogP contribution in [0.25, 0.3) is 0 Å². The first-order valence-electron chi connectivity index (χ1n) is 5.14. The van der Waals surface area contributed by atoms with Crippen LogP contribution in [0.3, 0.4) is 0 Å². The molecule has 0 aliphatic rings. The predicted octanol–water partition coefficient (Wildman–Crippen LogP) is 3.40. The first-order valence-corrected chi connectivity index (χ1v) is 5.93. The molecule has 0 aliphatic carbocycles. The van der Waals surface area contributed by atoms with Gasteiger partial charge in [-0.3, -0.25) is 9.78 Å². The van der Waals surface area contributed by atoms with E-state index in [0.29, 0.717) is 11.3 Å². The van der Waals surface area contributed by atoms with E-state index in [1.54, 1.807) is 18.5 Å². The van der Waals surface area contributed by atoms with Crippen LogP contribution in [0, 0.1) is 6.92 Å². The van der Waals surface area contributed by atoms with Crippen LogP contribution in [0.5, 0.6) is 0 Å². The van der Waals surface area contributed by atoms with Crippen LogP contribution < -0.4 is 5.32 Å². The van der Waals surface area contributed by atoms with Gasteiger partial charge in [0.25, 0.3) is 5.91 Å². The molecule has 1 N–H and O–H groups in total. The molecule has 1 heterocycles. The van der Waals surface area contributed by atoms with Gasteiger partial charge in [-0.2, -0.15) is 0 Å². The number of nitrogens with one attached hydrogen (secondary N) is 1. The maximum atomic E-state index is 12.0. The number of carbonyl (C=O) groups is 1. The van der Waals surface area contributed by atoms with Crippen molar-refractivity contribution in [2.24, 2.45) is 0 Å². The van der Waals surface area contributed by atoms with Crippen molar-refractivity contribution in [1.82, 2.24) is 4.98 Å². The normalized spacial score (nSPS) is 10.0. The summed E-state index contributed by atoms with van der Waals surface area (Å²) in [6.45, 7) is 1.91. The van der Waals surface area contributed by atoms with Crippen molar-refractivity contribution in [2.75, 3.05) is 5.32 Å². The molecule has 0 saturated carbocycles. The van der Waals surface area contributed by atoms with Crippen LogP contribution in [0.1, 0.15) is 15.9 Å². The Labute approximate surface area is 108 Å². The SMILES string of the molecule is Cc1ccccc1C(=O)Nc1cncc(Br)c1. The molecule has 0 fully saturated rings. The molecule has 0 atom stereocenters. The van der Waals surface area contributed by atoms with Gasteiger partial charge in [0, 0.05) is 16.2 Å². The standard InChI is InChI=1S/C13H11BrN2O/c1-9-4-2-3-5-12(9)13(17)16-11-6-10(14)7-15-8-11/h2-8H,1H3,(H,16,17). The number of halogens is 1. The molecule has 0 bridgehead atoms. The van der Waals surface area contributed by atoms with Crippen molar-refractivity contribution in [2.45, 2.75) is 6.92 Å². The zero-order chi connectivity index (χ0) is 12.3. The zero-order valence-electron chi connectivity index (χ0n) is 9.27. The summed E-state index contributed by atoms with van der Waals surface area (Å²) in [5.41, 5.74) is 2.30. The van der Waals surface area contributed by atoms with Gasteiger partial charge < -0.3 is 5.32 Å². The van der Waals surface area contributed by atoms with E-state index >= 15 is 0 Å². The largest absolute Gasteiger partial charge is 0.321 e. The third-order valence-corrected chi connectivity index (χ3v) is 2.79. The van der Waals surface area contributed by atoms with Gasteiger partial charge in [0.1, 0.15) is 0 Å². The van der Waals surface area contributed by atoms with Gasteiger partial charge in [-0.05, 0) is 40.5 Å². The molecule has 2 rings (SSSR count). The van der Waals surface area contributed by atoms with Crippen molar-refractivity contribution >= 4 is 27.5 Å². The summed E-state index contributed by atoms with van der Waals surface area (Å²) in [5.74, 6) is -0.122. The molecule has 4 heteroatoms. The summed E-state index contributed by atoms with van der Waals surface area (Å²) < 4.78 is 0.833. The Morgan fingerprint density at radius 2 is 2.06 bits per heavy atom. The predicted molar refractivity (Wildman–Crippen MR) is 71.1 cm³/mol. The molecule has 86 valence electrons. The number of aromatic nitrogens is 1. The lowest BCUT2D eigenvalue weighted by molar-refractivity contribution is 0.102. The van der Waals surface area contributed by atoms with E-state index in [0.717, 1.165) is 10.0 Å². The highest BCUT2D eigenvalue weighted by Crippen LogP contribution is 2.15. The quantitative estimate of drug-likeness (QED) is 0.921. The van der Waals surface area contributed by atoms with E-state index in [2.05, 4.69) is 26.2 Å². The third kappa shape index (κ3) is 2.91. The van der Waals surface area contributed by atoms with Crippen molar-refractivity contribution in [3.8, 4) is 0 Å². The van der Waals surface area contributed by atoms with Gasteiger partial charge in [-0.1, -0.05) is 18.2 Å². The summed E-state index contributed by atoms with van der Waals surface area (Å²) in [7, 11) is 0. The van der Waals surface area contributed by atoms with Crippen molar-refractivity contribution in [3.63, 3.8) is 0 Å². The van der Waals surface area contributed by atoms with Crippen molar-refractivity contribution in [3.05, 3.63) is 58.3 Å². The number of rotatable bonds is 2. The molecule has 0 saturated heterocycles. The fourth-order valence-corrected chi connectivity index (χ4v) is 1.87. The molecule has 1 amide bonds. The van der Waals surface area contributed by atoms with Gasteiger partial charge in [-0.15, -0.1) is 0 Å². The highest BCUT2D eigenvalue weighted by Gasteiger charge is 2.08. The highest BCUT2D eigenvalue weighted by molar-refractivity contribution is 9.10. The molecular weight excluding hydrogens is 280 g/mol. The summed E-state index contributed by atoms with van der Waals surface area (Å²) >= 11 is 3.31. The van der Waals surface area contributed by atoms with E-state index < -0.39 is 0 Å². The van der Waals surface area contributed by atoms with Gasteiger partial charge in [0.05, 0.1) is 11.9 Å². The minimum atomic E-state index is -0.122. The Morgan fingerprint density at radius 1 is 1.29 bits per heavy atom. The molecule has 1 aromatic carbocycles. The number of amides is 1. The smallest absolute Gasteiger partial charge is 0.255 e. The van der Waals surface area contributed by atoms with Gasteiger partial charge in [-0.25, -0.2) is 0 Å². The van der Waals surface area contributed by atoms with Crippen molar-refractivity contribution < 1.29 is 4.79 Å². The first-order chi connectivity index (χ1) is 8.16. The summed E-state index contributed by atoms with van der Waals surface area (Å²) in [5, 5.41) is 2.81. The molecule has 1 aromatic heterocycles. The Morgan fingerprint density at radius 3 is 2.76 bits per heavy atom. The molecule has 3 nitrogen and oxygen atoms in total. The van der Waals surface area contributed by atoms with Gasteiger partial charge >= 0.3 is 0 Å². The minimum absolute atomic E-state index is 0.122. The van der Waals surface area contributed by atoms with Crippen LogP contribution in [-0.2, 0) is 0 Å². The number of carbonyl (C=O) groups excluding carboxylic acids is 1. The van der Waals surface area contributed by atoms with Crippen LogP contribution in [0.2, 0.25) is 0 Å². The lowest BCUT2D eigenvalue weighted by atomic mass is 10.1. The second kappa shape index (κ2) is 5.10. The van der Waals surface area contributed by atoms with Crippen molar-refractivity contribution in [1.29, 1.82) is 0 Å². The summed E-state index contributed by atoms with van der Waals surface area (Å²) in [6, 6.07) is 9.28. The van der Waals surface area contributed by atoms with E-state index in [1.165, 1.54) is 0 Å². The topological polar surface area (TPSA) is 42.0 Å². The lowest BCUT2D eigenvalue weighted by Crippen LogP contribution is -2.13. The van der Waals surface area contributed by atoms with Crippen LogP contribution in [-0.4, -0.2) is 10.9 Å². The third-order valence-electron chi connectivity index (χ3n) is 2.35. The number of nitrogens with zero attached hydrogens (tertiary/aromatic N) is 1. The average Bonchev–Trinajstić information content (AvgIpc) is 2.29. The molecule has 2 aromatic rings. The second-order valence-electron chi connectivity index (χ2n) is 3.66. The second-order valence-corrected chi connectivity index (χ2v) is 4.58. The average molecular weight is 291 g/mol. The Balaban J connectivity index is 2.20. The van der Waals surface area contributed by atoms with Gasteiger partial charge in [0.2, 0.25) is 0 Å². The van der Waals surface area contributed by atoms with E-state index in [-0.39, 0.29) is 5.91 Å². The minimum Gasteiger partial charge on any atom is -0.321 e. The van der Waals surface area contributed by atoms with E-state index in [1.807, 2.05) is 31.2 Å². The van der Waals surface area contributed by atoms with Crippen LogP contribution in [0.15, 0.2) is 47.2 Å². The number of aryl methyl sites for hydroxylation is 1. The van der Waals surface area contributed by atoms with Crippen LogP contribution >= 0.6 is 15.9 Å². The monoisotopic (exact) mass is 290 g/mol. The number of pyridine rings is 1. The van der Waals surface area contributed by atoms with Crippen LogP contribution in [0.4, 0.5) is 5.69 Å². The highest BCUT2D eigenvalue weighted by atomic mass is 79.9. The summed E-state index contributed by atoms with van der Waals surface area (Å²) in [6.07, 6.45) is 3.28. The molecule has 0 radical (unpaired) electrons. The summed E-state index contributed by atoms with van der Waals surface area (Å²) in [4.78, 5) is 16.0. The lowest BCUT2D eigenvalue weighted by Gasteiger charge is -2.07. The maximum absolute atomic E-state index is 12.0. The number of anilines is 1. The Hall–Kier alpha value is -1.68. The Kier molecular flexibility index (Phi) is 3.54. The van der Waals surface area contributed by atoms with Gasteiger partial charge in [0.15, 0.2) is 0 Å². The molecular formula is C13H11BrN2O. The van der Waals surface area contributed by atoms with E-state index in [9.17, 15) is 4.79 Å². The number of hydrogen-bond acceptors (Lipinski definition) is 2. The fourth-order valence-electron chi connectivity index (χ4n) is 1.51. The molecule has 0 aliphatic heterocycles. The Bertz CT molecular complexity index is 555. The maximum Gasteiger partial charge on any atom is 0.255 e. The van der Waals surface area contributed by atoms with E-state index in [4.69, 9.17) is 0 Å². The first kappa shape index (κ1) is 11.8. The number of benzene rings is 1. The number of hydrogen-bond donors (Lipinski definition) is 1. The zero-order valence-corrected chi connectivity index (χ0v) is 10.9. The molecule has 0 unspecified atom stereocenters. The molecule has 0 spiro atoms.